The van der Waals surface area contributed by atoms with Crippen LogP contribution < -0.4 is 0 Å². The summed E-state index contributed by atoms with van der Waals surface area (Å²) in [4.78, 5) is 10.8. The number of carbonyl (C=O) groups is 1. The monoisotopic (exact) mass is 234 g/mol. The Kier molecular flexibility index (Phi) is 3.48. The topological polar surface area (TPSA) is 57.5 Å². The second-order valence-electron chi connectivity index (χ2n) is 4.84. The maximum Gasteiger partial charge on any atom is 0.306 e. The van der Waals surface area contributed by atoms with Crippen LogP contribution in [0.3, 0.4) is 0 Å². The van der Waals surface area contributed by atoms with E-state index in [1.54, 1.807) is 0 Å². The molecule has 0 amide bonds. The van der Waals surface area contributed by atoms with Crippen LogP contribution in [0, 0.1) is 0 Å². The molecule has 0 saturated heterocycles. The van der Waals surface area contributed by atoms with Gasteiger partial charge in [-0.1, -0.05) is 43.2 Å². The van der Waals surface area contributed by atoms with Crippen molar-refractivity contribution in [1.29, 1.82) is 0 Å². The van der Waals surface area contributed by atoms with Crippen LogP contribution in [0.25, 0.3) is 0 Å². The Balaban J connectivity index is 2.30. The molecule has 1 fully saturated rings. The Hall–Kier alpha value is -1.35. The van der Waals surface area contributed by atoms with Gasteiger partial charge in [-0.25, -0.2) is 0 Å². The number of carboxylic acids is 1. The summed E-state index contributed by atoms with van der Waals surface area (Å²) in [7, 11) is 0. The Bertz CT molecular complexity index is 380. The summed E-state index contributed by atoms with van der Waals surface area (Å²) in [6, 6.07) is 9.83. The normalized spacial score (nSPS) is 20.1. The van der Waals surface area contributed by atoms with Crippen molar-refractivity contribution in [2.24, 2.45) is 0 Å². The number of aliphatic hydroxyl groups is 1. The molecule has 0 aromatic heterocycles. The third-order valence-corrected chi connectivity index (χ3v) is 3.85. The average Bonchev–Trinajstić information content (AvgIpc) is 2.79. The molecule has 0 unspecified atom stereocenters. The molecule has 1 aromatic carbocycles. The maximum atomic E-state index is 10.8. The molecule has 92 valence electrons. The molecule has 1 saturated carbocycles. The van der Waals surface area contributed by atoms with Crippen LogP contribution in [0.5, 0.6) is 0 Å². The molecule has 0 spiro atoms. The zero-order chi connectivity index (χ0) is 12.3. The van der Waals surface area contributed by atoms with E-state index < -0.39 is 12.1 Å². The van der Waals surface area contributed by atoms with Crippen LogP contribution in [0.15, 0.2) is 30.3 Å². The first-order valence-electron chi connectivity index (χ1n) is 6.10. The molecule has 3 heteroatoms. The highest BCUT2D eigenvalue weighted by molar-refractivity contribution is 5.67. The van der Waals surface area contributed by atoms with Gasteiger partial charge in [0.05, 0.1) is 12.5 Å². The third-order valence-electron chi connectivity index (χ3n) is 3.85. The molecule has 1 aliphatic rings. The van der Waals surface area contributed by atoms with E-state index in [9.17, 15) is 9.90 Å². The Morgan fingerprint density at radius 1 is 1.24 bits per heavy atom. The van der Waals surface area contributed by atoms with Crippen molar-refractivity contribution in [3.63, 3.8) is 0 Å². The van der Waals surface area contributed by atoms with Gasteiger partial charge in [0.15, 0.2) is 0 Å². The molecular weight excluding hydrogens is 216 g/mol. The summed E-state index contributed by atoms with van der Waals surface area (Å²) in [6.07, 6.45) is 2.92. The summed E-state index contributed by atoms with van der Waals surface area (Å²) >= 11 is 0. The van der Waals surface area contributed by atoms with Crippen molar-refractivity contribution in [2.45, 2.75) is 43.6 Å². The van der Waals surface area contributed by atoms with E-state index in [1.807, 2.05) is 30.3 Å². The molecule has 1 aromatic rings. The highest BCUT2D eigenvalue weighted by atomic mass is 16.4. The first-order chi connectivity index (χ1) is 8.15. The lowest BCUT2D eigenvalue weighted by Crippen LogP contribution is -2.38. The van der Waals surface area contributed by atoms with Crippen LogP contribution in [0.2, 0.25) is 0 Å². The number of hydrogen-bond acceptors (Lipinski definition) is 2. The van der Waals surface area contributed by atoms with Gasteiger partial charge in [0.1, 0.15) is 0 Å². The van der Waals surface area contributed by atoms with Crippen molar-refractivity contribution in [2.75, 3.05) is 0 Å². The third kappa shape index (κ3) is 2.34. The lowest BCUT2D eigenvalue weighted by molar-refractivity contribution is -0.140. The maximum absolute atomic E-state index is 10.8. The molecule has 0 radical (unpaired) electrons. The fourth-order valence-electron chi connectivity index (χ4n) is 2.95. The minimum absolute atomic E-state index is 0.172. The molecule has 17 heavy (non-hydrogen) atoms. The highest BCUT2D eigenvalue weighted by Gasteiger charge is 2.42. The molecule has 0 aliphatic heterocycles. The van der Waals surface area contributed by atoms with E-state index in [0.29, 0.717) is 0 Å². The predicted octanol–water partition coefficient (Wildman–Crippen LogP) is 2.33. The number of aliphatic hydroxyl groups excluding tert-OH is 1. The first-order valence-corrected chi connectivity index (χ1v) is 6.10. The summed E-state index contributed by atoms with van der Waals surface area (Å²) in [5.74, 6) is -0.931. The minimum Gasteiger partial charge on any atom is -0.481 e. The number of hydrogen-bond donors (Lipinski definition) is 2. The van der Waals surface area contributed by atoms with Crippen molar-refractivity contribution in [1.82, 2.24) is 0 Å². The standard InChI is InChI=1S/C14H18O3/c15-12(10-13(16)17)14(8-4-5-9-14)11-6-2-1-3-7-11/h1-3,6-7,12,15H,4-5,8-10H2,(H,16,17)/t12-/m0/s1. The van der Waals surface area contributed by atoms with Crippen molar-refractivity contribution in [3.8, 4) is 0 Å². The van der Waals surface area contributed by atoms with Gasteiger partial charge in [0.2, 0.25) is 0 Å². The van der Waals surface area contributed by atoms with Crippen molar-refractivity contribution >= 4 is 5.97 Å². The number of benzene rings is 1. The van der Waals surface area contributed by atoms with E-state index in [4.69, 9.17) is 5.11 Å². The van der Waals surface area contributed by atoms with Crippen LogP contribution in [0.1, 0.15) is 37.7 Å². The molecule has 2 rings (SSSR count). The summed E-state index contributed by atoms with van der Waals surface area (Å²) in [5.41, 5.74) is 0.728. The van der Waals surface area contributed by atoms with Gasteiger partial charge in [0, 0.05) is 5.41 Å². The fourth-order valence-corrected chi connectivity index (χ4v) is 2.95. The van der Waals surface area contributed by atoms with Crippen LogP contribution in [0.4, 0.5) is 0 Å². The SMILES string of the molecule is O=C(O)C[C@H](O)C1(c2ccccc2)CCCC1. The smallest absolute Gasteiger partial charge is 0.306 e. The highest BCUT2D eigenvalue weighted by Crippen LogP contribution is 2.44. The summed E-state index contributed by atoms with van der Waals surface area (Å²) in [6.45, 7) is 0. The predicted molar refractivity (Wildman–Crippen MR) is 64.8 cm³/mol. The lowest BCUT2D eigenvalue weighted by Gasteiger charge is -2.34. The van der Waals surface area contributed by atoms with Gasteiger partial charge in [-0.2, -0.15) is 0 Å². The quantitative estimate of drug-likeness (QED) is 0.840. The first kappa shape index (κ1) is 12.1. The van der Waals surface area contributed by atoms with Crippen molar-refractivity contribution in [3.05, 3.63) is 35.9 Å². The van der Waals surface area contributed by atoms with E-state index in [1.165, 1.54) is 0 Å². The zero-order valence-electron chi connectivity index (χ0n) is 9.80. The molecule has 1 atom stereocenters. The summed E-state index contributed by atoms with van der Waals surface area (Å²) in [5, 5.41) is 19.1. The van der Waals surface area contributed by atoms with Crippen LogP contribution in [-0.2, 0) is 10.2 Å². The van der Waals surface area contributed by atoms with Gasteiger partial charge in [-0.3, -0.25) is 4.79 Å². The Morgan fingerprint density at radius 3 is 2.35 bits per heavy atom. The minimum atomic E-state index is -0.931. The molecule has 3 nitrogen and oxygen atoms in total. The molecule has 0 heterocycles. The van der Waals surface area contributed by atoms with Gasteiger partial charge < -0.3 is 10.2 Å². The number of aliphatic carboxylic acids is 1. The van der Waals surface area contributed by atoms with E-state index in [2.05, 4.69) is 0 Å². The zero-order valence-corrected chi connectivity index (χ0v) is 9.80. The van der Waals surface area contributed by atoms with Crippen LogP contribution >= 0.6 is 0 Å². The van der Waals surface area contributed by atoms with E-state index in [-0.39, 0.29) is 11.8 Å². The van der Waals surface area contributed by atoms with E-state index >= 15 is 0 Å². The largest absolute Gasteiger partial charge is 0.481 e. The Morgan fingerprint density at radius 2 is 1.82 bits per heavy atom. The lowest BCUT2D eigenvalue weighted by atomic mass is 9.73. The molecule has 1 aliphatic carbocycles. The fraction of sp³-hybridized carbons (Fsp3) is 0.500. The van der Waals surface area contributed by atoms with Gasteiger partial charge in [0.25, 0.3) is 0 Å². The molecular formula is C14H18O3. The Labute approximate surface area is 101 Å². The molecule has 0 bridgehead atoms. The van der Waals surface area contributed by atoms with Crippen molar-refractivity contribution < 1.29 is 15.0 Å². The van der Waals surface area contributed by atoms with Gasteiger partial charge in [-0.15, -0.1) is 0 Å². The number of carboxylic acid groups (broad SMARTS) is 1. The second kappa shape index (κ2) is 4.88. The number of rotatable bonds is 4. The van der Waals surface area contributed by atoms with Gasteiger partial charge >= 0.3 is 5.97 Å². The van der Waals surface area contributed by atoms with E-state index in [0.717, 1.165) is 31.2 Å². The molecule has 2 N–H and O–H groups in total. The van der Waals surface area contributed by atoms with Gasteiger partial charge in [-0.05, 0) is 18.4 Å². The van der Waals surface area contributed by atoms with Crippen LogP contribution in [-0.4, -0.2) is 22.3 Å². The second-order valence-corrected chi connectivity index (χ2v) is 4.84. The average molecular weight is 234 g/mol. The summed E-state index contributed by atoms with van der Waals surface area (Å²) < 4.78 is 0.